The Morgan fingerprint density at radius 3 is 2.72 bits per heavy atom. The minimum atomic E-state index is -0.745. The lowest BCUT2D eigenvalue weighted by Gasteiger charge is -2.19. The zero-order valence-corrected chi connectivity index (χ0v) is 11.0. The molecule has 3 heteroatoms. The molecule has 1 aromatic carbocycles. The minimum absolute atomic E-state index is 0.274. The van der Waals surface area contributed by atoms with Crippen LogP contribution in [0.1, 0.15) is 32.3 Å². The molecule has 0 spiro atoms. The molecule has 100 valence electrons. The van der Waals surface area contributed by atoms with Crippen LogP contribution in [0.2, 0.25) is 0 Å². The molecule has 18 heavy (non-hydrogen) atoms. The van der Waals surface area contributed by atoms with Crippen LogP contribution in [0.15, 0.2) is 18.2 Å². The second kappa shape index (κ2) is 5.79. The average Bonchev–Trinajstić information content (AvgIpc) is 3.07. The Kier molecular flexibility index (Phi) is 4.33. The van der Waals surface area contributed by atoms with E-state index >= 15 is 0 Å². The minimum Gasteiger partial charge on any atom is -0.313 e. The molecule has 0 heterocycles. The summed E-state index contributed by atoms with van der Waals surface area (Å²) in [7, 11) is 0. The molecule has 2 rings (SSSR count). The molecule has 1 fully saturated rings. The summed E-state index contributed by atoms with van der Waals surface area (Å²) in [5.41, 5.74) is 0.489. The van der Waals surface area contributed by atoms with Crippen molar-refractivity contribution in [3.05, 3.63) is 35.4 Å². The fraction of sp³-hybridized carbons (Fsp3) is 0.600. The molecule has 0 bridgehead atoms. The molecular weight excluding hydrogens is 232 g/mol. The quantitative estimate of drug-likeness (QED) is 0.817. The van der Waals surface area contributed by atoms with Gasteiger partial charge in [0.2, 0.25) is 0 Å². The van der Waals surface area contributed by atoms with Crippen LogP contribution in [0, 0.1) is 23.5 Å². The molecule has 0 amide bonds. The fourth-order valence-corrected chi connectivity index (χ4v) is 2.56. The van der Waals surface area contributed by atoms with Gasteiger partial charge >= 0.3 is 0 Å². The van der Waals surface area contributed by atoms with Gasteiger partial charge in [-0.25, -0.2) is 8.78 Å². The molecule has 1 nitrogen and oxygen atoms in total. The van der Waals surface area contributed by atoms with Crippen molar-refractivity contribution in [2.45, 2.75) is 39.2 Å². The third-order valence-corrected chi connectivity index (χ3v) is 3.82. The topological polar surface area (TPSA) is 12.0 Å². The Morgan fingerprint density at radius 2 is 2.11 bits per heavy atom. The summed E-state index contributed by atoms with van der Waals surface area (Å²) in [5.74, 6) is -0.116. The predicted octanol–water partition coefficient (Wildman–Crippen LogP) is 3.53. The van der Waals surface area contributed by atoms with E-state index < -0.39 is 11.6 Å². The first-order chi connectivity index (χ1) is 8.63. The average molecular weight is 253 g/mol. The van der Waals surface area contributed by atoms with Gasteiger partial charge in [0.25, 0.3) is 0 Å². The van der Waals surface area contributed by atoms with Gasteiger partial charge in [0, 0.05) is 6.04 Å². The number of hydrogen-bond acceptors (Lipinski definition) is 1. The lowest BCUT2D eigenvalue weighted by molar-refractivity contribution is 0.428. The SMILES string of the molecule is CCCNC(Cc1cccc(F)c1F)C1CC1C. The van der Waals surface area contributed by atoms with Crippen molar-refractivity contribution in [1.82, 2.24) is 5.32 Å². The van der Waals surface area contributed by atoms with Gasteiger partial charge in [0.05, 0.1) is 0 Å². The van der Waals surface area contributed by atoms with E-state index in [4.69, 9.17) is 0 Å². The van der Waals surface area contributed by atoms with Crippen LogP contribution in [-0.2, 0) is 6.42 Å². The van der Waals surface area contributed by atoms with E-state index in [1.165, 1.54) is 12.5 Å². The molecule has 0 saturated heterocycles. The second-order valence-corrected chi connectivity index (χ2v) is 5.35. The molecular formula is C15H21F2N. The van der Waals surface area contributed by atoms with E-state index in [-0.39, 0.29) is 6.04 Å². The molecule has 3 atom stereocenters. The zero-order chi connectivity index (χ0) is 13.1. The molecule has 1 N–H and O–H groups in total. The molecule has 0 radical (unpaired) electrons. The predicted molar refractivity (Wildman–Crippen MR) is 69.4 cm³/mol. The maximum atomic E-state index is 13.7. The van der Waals surface area contributed by atoms with Crippen molar-refractivity contribution >= 4 is 0 Å². The van der Waals surface area contributed by atoms with E-state index in [1.54, 1.807) is 12.1 Å². The molecule has 1 aromatic rings. The van der Waals surface area contributed by atoms with Crippen molar-refractivity contribution in [1.29, 1.82) is 0 Å². The van der Waals surface area contributed by atoms with Crippen LogP contribution in [-0.4, -0.2) is 12.6 Å². The summed E-state index contributed by atoms with van der Waals surface area (Å²) in [6, 6.07) is 4.72. The lowest BCUT2D eigenvalue weighted by atomic mass is 10.00. The van der Waals surface area contributed by atoms with Gasteiger partial charge in [-0.3, -0.25) is 0 Å². The monoisotopic (exact) mass is 253 g/mol. The van der Waals surface area contributed by atoms with E-state index in [0.717, 1.165) is 13.0 Å². The number of benzene rings is 1. The molecule has 0 aliphatic heterocycles. The Bertz CT molecular complexity index is 405. The maximum absolute atomic E-state index is 13.7. The van der Waals surface area contributed by atoms with Gasteiger partial charge in [-0.05, 0) is 49.3 Å². The second-order valence-electron chi connectivity index (χ2n) is 5.35. The number of halogens is 2. The molecule has 1 aliphatic carbocycles. The Balaban J connectivity index is 2.05. The normalized spacial score (nSPS) is 24.0. The summed E-state index contributed by atoms with van der Waals surface area (Å²) in [5, 5.41) is 3.47. The van der Waals surface area contributed by atoms with Crippen molar-refractivity contribution < 1.29 is 8.78 Å². The number of rotatable bonds is 6. The van der Waals surface area contributed by atoms with Crippen LogP contribution in [0.25, 0.3) is 0 Å². The van der Waals surface area contributed by atoms with Crippen LogP contribution < -0.4 is 5.32 Å². The van der Waals surface area contributed by atoms with Gasteiger partial charge in [-0.1, -0.05) is 26.0 Å². The van der Waals surface area contributed by atoms with Gasteiger partial charge in [0.1, 0.15) is 0 Å². The highest BCUT2D eigenvalue weighted by molar-refractivity contribution is 5.20. The van der Waals surface area contributed by atoms with Gasteiger partial charge < -0.3 is 5.32 Å². The zero-order valence-electron chi connectivity index (χ0n) is 11.0. The first-order valence-corrected chi connectivity index (χ1v) is 6.79. The molecule has 3 unspecified atom stereocenters. The van der Waals surface area contributed by atoms with E-state index in [2.05, 4.69) is 19.2 Å². The van der Waals surface area contributed by atoms with E-state index in [1.807, 2.05) is 0 Å². The summed E-state index contributed by atoms with van der Waals surface area (Å²) in [6.45, 7) is 5.27. The Hall–Kier alpha value is -0.960. The fourth-order valence-electron chi connectivity index (χ4n) is 2.56. The van der Waals surface area contributed by atoms with E-state index in [9.17, 15) is 8.78 Å². The number of hydrogen-bond donors (Lipinski definition) is 1. The first-order valence-electron chi connectivity index (χ1n) is 6.79. The van der Waals surface area contributed by atoms with Gasteiger partial charge in [0.15, 0.2) is 11.6 Å². The summed E-state index contributed by atoms with van der Waals surface area (Å²) >= 11 is 0. The van der Waals surface area contributed by atoms with Gasteiger partial charge in [-0.2, -0.15) is 0 Å². The van der Waals surface area contributed by atoms with Crippen LogP contribution in [0.4, 0.5) is 8.78 Å². The van der Waals surface area contributed by atoms with Crippen LogP contribution >= 0.6 is 0 Å². The van der Waals surface area contributed by atoms with Crippen molar-refractivity contribution in [2.75, 3.05) is 6.54 Å². The Morgan fingerprint density at radius 1 is 1.39 bits per heavy atom. The standard InChI is InChI=1S/C15H21F2N/c1-3-7-18-14(12-8-10(12)2)9-11-5-4-6-13(16)15(11)17/h4-6,10,12,14,18H,3,7-9H2,1-2H3. The smallest absolute Gasteiger partial charge is 0.162 e. The molecule has 0 aromatic heterocycles. The first kappa shape index (κ1) is 13.5. The highest BCUT2D eigenvalue weighted by Gasteiger charge is 2.39. The Labute approximate surface area is 108 Å². The van der Waals surface area contributed by atoms with Crippen LogP contribution in [0.3, 0.4) is 0 Å². The molecule has 1 aliphatic rings. The lowest BCUT2D eigenvalue weighted by Crippen LogP contribution is -2.34. The highest BCUT2D eigenvalue weighted by atomic mass is 19.2. The number of nitrogens with one attached hydrogen (secondary N) is 1. The largest absolute Gasteiger partial charge is 0.313 e. The van der Waals surface area contributed by atoms with E-state index in [0.29, 0.717) is 23.8 Å². The molecule has 1 saturated carbocycles. The highest BCUT2D eigenvalue weighted by Crippen LogP contribution is 2.41. The van der Waals surface area contributed by atoms with Gasteiger partial charge in [-0.15, -0.1) is 0 Å². The van der Waals surface area contributed by atoms with Crippen LogP contribution in [0.5, 0.6) is 0 Å². The summed E-state index contributed by atoms with van der Waals surface area (Å²) in [4.78, 5) is 0. The summed E-state index contributed by atoms with van der Waals surface area (Å²) < 4.78 is 26.8. The van der Waals surface area contributed by atoms with Crippen molar-refractivity contribution in [2.24, 2.45) is 11.8 Å². The third-order valence-electron chi connectivity index (χ3n) is 3.82. The summed E-state index contributed by atoms with van der Waals surface area (Å²) in [6.07, 6.45) is 2.83. The van der Waals surface area contributed by atoms with Crippen molar-refractivity contribution in [3.63, 3.8) is 0 Å². The maximum Gasteiger partial charge on any atom is 0.162 e. The third kappa shape index (κ3) is 3.08. The van der Waals surface area contributed by atoms with Crippen molar-refractivity contribution in [3.8, 4) is 0 Å².